The van der Waals surface area contributed by atoms with E-state index in [0.29, 0.717) is 59.0 Å². The zero-order chi connectivity index (χ0) is 25.2. The van der Waals surface area contributed by atoms with Gasteiger partial charge in [-0.3, -0.25) is 19.8 Å². The molecule has 36 heavy (non-hydrogen) atoms. The van der Waals surface area contributed by atoms with E-state index < -0.39 is 5.95 Å². The van der Waals surface area contributed by atoms with Crippen molar-refractivity contribution in [3.63, 3.8) is 0 Å². The summed E-state index contributed by atoms with van der Waals surface area (Å²) < 4.78 is 18.8. The normalized spacial score (nSPS) is 14.2. The maximum Gasteiger partial charge on any atom is 0.274 e. The number of piperidine rings is 1. The number of hydrogen-bond acceptors (Lipinski definition) is 6. The van der Waals surface area contributed by atoms with Gasteiger partial charge in [0.05, 0.1) is 34.9 Å². The van der Waals surface area contributed by atoms with E-state index in [1.165, 1.54) is 13.3 Å². The smallest absolute Gasteiger partial charge is 0.274 e. The molecular weight excluding hydrogens is 489 g/mol. The molecule has 186 valence electrons. The number of pyridine rings is 1. The first-order valence-corrected chi connectivity index (χ1v) is 11.8. The second-order valence-corrected chi connectivity index (χ2v) is 8.96. The van der Waals surface area contributed by atoms with Crippen LogP contribution in [0.2, 0.25) is 5.02 Å². The van der Waals surface area contributed by atoms with E-state index in [9.17, 15) is 14.0 Å². The molecule has 10 nitrogen and oxygen atoms in total. The van der Waals surface area contributed by atoms with Crippen molar-refractivity contribution in [2.75, 3.05) is 20.2 Å². The lowest BCUT2D eigenvalue weighted by Crippen LogP contribution is -2.43. The van der Waals surface area contributed by atoms with E-state index in [1.54, 1.807) is 29.2 Å². The molecule has 1 fully saturated rings. The van der Waals surface area contributed by atoms with Crippen LogP contribution in [0.25, 0.3) is 22.2 Å². The van der Waals surface area contributed by atoms with Gasteiger partial charge in [0.2, 0.25) is 17.7 Å². The fourth-order valence-electron chi connectivity index (χ4n) is 4.29. The zero-order valence-electron chi connectivity index (χ0n) is 19.3. The largest absolute Gasteiger partial charge is 0.481 e. The minimum Gasteiger partial charge on any atom is -0.481 e. The minimum absolute atomic E-state index is 0.0850. The number of fused-ring (bicyclic) bond motifs is 1. The summed E-state index contributed by atoms with van der Waals surface area (Å²) in [7, 11) is 1.51. The first kappa shape index (κ1) is 23.7. The van der Waals surface area contributed by atoms with Crippen molar-refractivity contribution in [1.29, 1.82) is 0 Å². The van der Waals surface area contributed by atoms with E-state index in [2.05, 4.69) is 30.7 Å². The highest BCUT2D eigenvalue weighted by atomic mass is 35.5. The third kappa shape index (κ3) is 4.74. The number of carbonyl (C=O) groups excluding carboxylic acids is 2. The summed E-state index contributed by atoms with van der Waals surface area (Å²) in [6.07, 6.45) is 2.55. The molecule has 1 aliphatic rings. The quantitative estimate of drug-likeness (QED) is 0.364. The van der Waals surface area contributed by atoms with Crippen LogP contribution in [0, 0.1) is 11.9 Å². The van der Waals surface area contributed by atoms with Crippen molar-refractivity contribution in [3.05, 3.63) is 58.8 Å². The summed E-state index contributed by atoms with van der Waals surface area (Å²) in [4.78, 5) is 31.4. The number of aromatic nitrogens is 5. The van der Waals surface area contributed by atoms with Gasteiger partial charge in [0.15, 0.2) is 5.69 Å². The predicted molar refractivity (Wildman–Crippen MR) is 130 cm³/mol. The van der Waals surface area contributed by atoms with E-state index in [1.807, 2.05) is 6.07 Å². The van der Waals surface area contributed by atoms with Crippen LogP contribution >= 0.6 is 11.6 Å². The molecule has 1 aromatic carbocycles. The summed E-state index contributed by atoms with van der Waals surface area (Å²) in [5, 5.41) is 16.9. The van der Waals surface area contributed by atoms with Gasteiger partial charge in [-0.1, -0.05) is 17.7 Å². The molecule has 3 aromatic heterocycles. The second kappa shape index (κ2) is 9.94. The second-order valence-electron chi connectivity index (χ2n) is 8.55. The Hall–Kier alpha value is -3.99. The van der Waals surface area contributed by atoms with Gasteiger partial charge in [0.25, 0.3) is 5.91 Å². The Labute approximate surface area is 210 Å². The number of nitrogens with one attached hydrogen (secondary N) is 3. The van der Waals surface area contributed by atoms with Crippen molar-refractivity contribution in [3.8, 4) is 17.1 Å². The Morgan fingerprint density at radius 2 is 2.00 bits per heavy atom. The first-order valence-electron chi connectivity index (χ1n) is 11.4. The van der Waals surface area contributed by atoms with Gasteiger partial charge >= 0.3 is 0 Å². The van der Waals surface area contributed by atoms with E-state index in [0.717, 1.165) is 5.56 Å². The van der Waals surface area contributed by atoms with E-state index in [-0.39, 0.29) is 30.0 Å². The van der Waals surface area contributed by atoms with Gasteiger partial charge < -0.3 is 15.0 Å². The monoisotopic (exact) mass is 511 g/mol. The molecule has 3 N–H and O–H groups in total. The number of ether oxygens (including phenoxy) is 1. The molecule has 4 heterocycles. The lowest BCUT2D eigenvalue weighted by molar-refractivity contribution is -0.126. The number of methoxy groups -OCH3 is 1. The van der Waals surface area contributed by atoms with Crippen molar-refractivity contribution in [2.45, 2.75) is 19.4 Å². The predicted octanol–water partition coefficient (Wildman–Crippen LogP) is 3.32. The standard InChI is InChI=1S/C24H23ClFN7O3/c1-36-21-9-15(17(25)12-27-21)19-10-20(31-30-19)24(35)33-6-4-14(5-7-33)23(34)28-11-13-2-3-18-16(8-13)22(26)32-29-18/h2-3,8-10,12,14H,4-7,11H2,1H3,(H,28,34)(H,29,32)(H,30,31). The highest BCUT2D eigenvalue weighted by Gasteiger charge is 2.29. The molecular formula is C24H23ClFN7O3. The summed E-state index contributed by atoms with van der Waals surface area (Å²) in [6, 6.07) is 8.52. The van der Waals surface area contributed by atoms with Crippen molar-refractivity contribution in [1.82, 2.24) is 35.6 Å². The Bertz CT molecular complexity index is 1430. The number of hydrogen-bond donors (Lipinski definition) is 3. The third-order valence-electron chi connectivity index (χ3n) is 6.33. The Morgan fingerprint density at radius 3 is 2.78 bits per heavy atom. The molecule has 4 aromatic rings. The van der Waals surface area contributed by atoms with Crippen LogP contribution in [-0.4, -0.2) is 62.3 Å². The van der Waals surface area contributed by atoms with Gasteiger partial charge in [0.1, 0.15) is 0 Å². The summed E-state index contributed by atoms with van der Waals surface area (Å²) in [5.74, 6) is -0.683. The summed E-state index contributed by atoms with van der Waals surface area (Å²) in [5.41, 5.74) is 2.85. The zero-order valence-corrected chi connectivity index (χ0v) is 20.1. The number of nitrogens with zero attached hydrogens (tertiary/aromatic N) is 4. The SMILES string of the molecule is COc1cc(-c2cc(C(=O)N3CCC(C(=O)NCc4ccc5[nH]nc(F)c5c4)CC3)n[nH]2)c(Cl)cn1. The van der Waals surface area contributed by atoms with E-state index >= 15 is 0 Å². The number of halogens is 2. The molecule has 2 amide bonds. The number of carbonyl (C=O) groups is 2. The van der Waals surface area contributed by atoms with Gasteiger partial charge in [-0.2, -0.15) is 9.49 Å². The highest BCUT2D eigenvalue weighted by Crippen LogP contribution is 2.29. The van der Waals surface area contributed by atoms with Crippen molar-refractivity contribution < 1.29 is 18.7 Å². The molecule has 0 unspecified atom stereocenters. The van der Waals surface area contributed by atoms with Crippen LogP contribution in [0.5, 0.6) is 5.88 Å². The van der Waals surface area contributed by atoms with Crippen LogP contribution < -0.4 is 10.1 Å². The molecule has 0 saturated carbocycles. The van der Waals surface area contributed by atoms with Gasteiger partial charge in [-0.15, -0.1) is 5.10 Å². The molecule has 1 aliphatic heterocycles. The summed E-state index contributed by atoms with van der Waals surface area (Å²) >= 11 is 6.24. The number of H-pyrrole nitrogens is 2. The lowest BCUT2D eigenvalue weighted by atomic mass is 9.95. The molecule has 12 heteroatoms. The average Bonchev–Trinajstić information content (AvgIpc) is 3.54. The highest BCUT2D eigenvalue weighted by molar-refractivity contribution is 6.33. The number of rotatable bonds is 6. The number of likely N-dealkylation sites (tertiary alicyclic amines) is 1. The fraction of sp³-hybridized carbons (Fsp3) is 0.292. The lowest BCUT2D eigenvalue weighted by Gasteiger charge is -2.30. The van der Waals surface area contributed by atoms with Crippen molar-refractivity contribution >= 4 is 34.3 Å². The molecule has 0 bridgehead atoms. The minimum atomic E-state index is -0.567. The number of amides is 2. The molecule has 0 radical (unpaired) electrons. The maximum atomic E-state index is 13.7. The van der Waals surface area contributed by atoms with Crippen LogP contribution in [0.15, 0.2) is 36.5 Å². The van der Waals surface area contributed by atoms with Crippen LogP contribution in [0.3, 0.4) is 0 Å². The molecule has 5 rings (SSSR count). The Kier molecular flexibility index (Phi) is 6.55. The van der Waals surface area contributed by atoms with Crippen LogP contribution in [0.4, 0.5) is 4.39 Å². The Balaban J connectivity index is 1.16. The van der Waals surface area contributed by atoms with Gasteiger partial charge in [-0.05, 0) is 36.6 Å². The number of aromatic amines is 2. The summed E-state index contributed by atoms with van der Waals surface area (Å²) in [6.45, 7) is 1.17. The first-order chi connectivity index (χ1) is 17.4. The van der Waals surface area contributed by atoms with Gasteiger partial charge in [0, 0.05) is 37.2 Å². The van der Waals surface area contributed by atoms with Gasteiger partial charge in [-0.25, -0.2) is 4.98 Å². The van der Waals surface area contributed by atoms with Crippen LogP contribution in [0.1, 0.15) is 28.9 Å². The fourth-order valence-corrected chi connectivity index (χ4v) is 4.49. The maximum absolute atomic E-state index is 13.7. The molecule has 0 spiro atoms. The van der Waals surface area contributed by atoms with Crippen molar-refractivity contribution in [2.24, 2.45) is 5.92 Å². The molecule has 0 aliphatic carbocycles. The molecule has 1 saturated heterocycles. The molecule has 0 atom stereocenters. The average molecular weight is 512 g/mol. The van der Waals surface area contributed by atoms with E-state index in [4.69, 9.17) is 16.3 Å². The van der Waals surface area contributed by atoms with Crippen LogP contribution in [-0.2, 0) is 11.3 Å². The number of benzene rings is 1. The third-order valence-corrected chi connectivity index (χ3v) is 6.63. The topological polar surface area (TPSA) is 129 Å². The Morgan fingerprint density at radius 1 is 1.19 bits per heavy atom.